The van der Waals surface area contributed by atoms with Crippen LogP contribution in [0.4, 0.5) is 5.69 Å². The van der Waals surface area contributed by atoms with Crippen LogP contribution in [0, 0.1) is 6.92 Å². The van der Waals surface area contributed by atoms with Gasteiger partial charge in [0.2, 0.25) is 0 Å². The summed E-state index contributed by atoms with van der Waals surface area (Å²) in [7, 11) is 1.69. The fourth-order valence-corrected chi connectivity index (χ4v) is 2.48. The van der Waals surface area contributed by atoms with Gasteiger partial charge in [-0.25, -0.2) is 0 Å². The lowest BCUT2D eigenvalue weighted by Gasteiger charge is -2.38. The molecule has 2 heterocycles. The van der Waals surface area contributed by atoms with Crippen LogP contribution in [0.25, 0.3) is 0 Å². The van der Waals surface area contributed by atoms with Gasteiger partial charge in [0.05, 0.1) is 19.0 Å². The number of ether oxygens (including phenoxy) is 1. The summed E-state index contributed by atoms with van der Waals surface area (Å²) < 4.78 is 5.39. The highest BCUT2D eigenvalue weighted by Gasteiger charge is 2.25. The van der Waals surface area contributed by atoms with Crippen LogP contribution in [-0.4, -0.2) is 30.7 Å². The van der Waals surface area contributed by atoms with Crippen molar-refractivity contribution in [3.63, 3.8) is 0 Å². The highest BCUT2D eigenvalue weighted by molar-refractivity contribution is 5.59. The minimum atomic E-state index is 0.329. The van der Waals surface area contributed by atoms with E-state index in [0.717, 1.165) is 36.5 Å². The molecule has 0 bridgehead atoms. The minimum Gasteiger partial charge on any atom is -0.493 e. The molecule has 17 heavy (non-hydrogen) atoms. The summed E-state index contributed by atoms with van der Waals surface area (Å²) in [6, 6.07) is 2.87. The minimum absolute atomic E-state index is 0.329. The molecule has 94 valence electrons. The number of nitrogens with zero attached hydrogens (tertiary/aromatic N) is 2. The van der Waals surface area contributed by atoms with Crippen molar-refractivity contribution in [2.24, 2.45) is 5.73 Å². The van der Waals surface area contributed by atoms with E-state index in [-0.39, 0.29) is 0 Å². The molecule has 0 radical (unpaired) electrons. The van der Waals surface area contributed by atoms with Gasteiger partial charge >= 0.3 is 0 Å². The van der Waals surface area contributed by atoms with Gasteiger partial charge in [-0.2, -0.15) is 0 Å². The van der Waals surface area contributed by atoms with E-state index < -0.39 is 0 Å². The Bertz CT molecular complexity index is 394. The highest BCUT2D eigenvalue weighted by atomic mass is 16.5. The van der Waals surface area contributed by atoms with Crippen molar-refractivity contribution in [2.45, 2.75) is 38.8 Å². The number of hydrogen-bond acceptors (Lipinski definition) is 4. The maximum absolute atomic E-state index is 6.00. The standard InChI is InChI=1S/C13H21N3O/c1-9-6-12(13(17-3)8-15-9)16-5-4-11(14)7-10(16)2/h6,8,10-11H,4-5,7,14H2,1-3H3. The third kappa shape index (κ3) is 2.52. The van der Waals surface area contributed by atoms with Crippen LogP contribution in [0.15, 0.2) is 12.3 Å². The van der Waals surface area contributed by atoms with Crippen LogP contribution in [0.3, 0.4) is 0 Å². The number of hydrogen-bond donors (Lipinski definition) is 1. The van der Waals surface area contributed by atoms with Gasteiger partial charge in [-0.3, -0.25) is 4.98 Å². The summed E-state index contributed by atoms with van der Waals surface area (Å²) >= 11 is 0. The molecule has 2 rings (SSSR count). The molecule has 1 aromatic rings. The molecule has 0 aromatic carbocycles. The quantitative estimate of drug-likeness (QED) is 0.848. The molecule has 0 amide bonds. The van der Waals surface area contributed by atoms with Crippen molar-refractivity contribution in [3.8, 4) is 5.75 Å². The van der Waals surface area contributed by atoms with E-state index in [1.807, 2.05) is 6.92 Å². The van der Waals surface area contributed by atoms with Crippen molar-refractivity contribution < 1.29 is 4.74 Å². The number of piperidine rings is 1. The summed E-state index contributed by atoms with van der Waals surface area (Å²) in [5, 5.41) is 0. The number of pyridine rings is 1. The van der Waals surface area contributed by atoms with Crippen molar-refractivity contribution in [3.05, 3.63) is 18.0 Å². The van der Waals surface area contributed by atoms with Gasteiger partial charge in [-0.1, -0.05) is 0 Å². The second kappa shape index (κ2) is 4.92. The van der Waals surface area contributed by atoms with Crippen molar-refractivity contribution in [1.29, 1.82) is 0 Å². The molecule has 0 saturated carbocycles. The van der Waals surface area contributed by atoms with Crippen molar-refractivity contribution in [2.75, 3.05) is 18.6 Å². The molecule has 2 atom stereocenters. The lowest BCUT2D eigenvalue weighted by molar-refractivity contribution is 0.396. The Kier molecular flexibility index (Phi) is 3.52. The average Bonchev–Trinajstić information content (AvgIpc) is 2.29. The molecule has 1 aliphatic heterocycles. The number of rotatable bonds is 2. The van der Waals surface area contributed by atoms with Crippen LogP contribution in [0.1, 0.15) is 25.5 Å². The maximum Gasteiger partial charge on any atom is 0.160 e. The lowest BCUT2D eigenvalue weighted by atomic mass is 9.98. The van der Waals surface area contributed by atoms with E-state index in [4.69, 9.17) is 10.5 Å². The first-order chi connectivity index (χ1) is 8.11. The first kappa shape index (κ1) is 12.2. The van der Waals surface area contributed by atoms with Gasteiger partial charge in [-0.15, -0.1) is 0 Å². The Morgan fingerprint density at radius 1 is 1.53 bits per heavy atom. The number of methoxy groups -OCH3 is 1. The van der Waals surface area contributed by atoms with E-state index in [2.05, 4.69) is 22.9 Å². The Labute approximate surface area is 103 Å². The van der Waals surface area contributed by atoms with E-state index in [0.29, 0.717) is 12.1 Å². The molecule has 1 saturated heterocycles. The number of aryl methyl sites for hydroxylation is 1. The number of anilines is 1. The first-order valence-electron chi connectivity index (χ1n) is 6.14. The van der Waals surface area contributed by atoms with Crippen LogP contribution in [0.5, 0.6) is 5.75 Å². The first-order valence-corrected chi connectivity index (χ1v) is 6.14. The Hall–Kier alpha value is -1.29. The topological polar surface area (TPSA) is 51.4 Å². The maximum atomic E-state index is 6.00. The van der Waals surface area contributed by atoms with E-state index in [1.165, 1.54) is 0 Å². The fraction of sp³-hybridized carbons (Fsp3) is 0.615. The van der Waals surface area contributed by atoms with Gasteiger partial charge in [0.25, 0.3) is 0 Å². The summed E-state index contributed by atoms with van der Waals surface area (Å²) in [4.78, 5) is 6.64. The van der Waals surface area contributed by atoms with Gasteiger partial charge < -0.3 is 15.4 Å². The fourth-order valence-electron chi connectivity index (χ4n) is 2.48. The zero-order valence-corrected chi connectivity index (χ0v) is 10.8. The zero-order valence-electron chi connectivity index (χ0n) is 10.8. The van der Waals surface area contributed by atoms with Gasteiger partial charge in [0, 0.05) is 24.3 Å². The second-order valence-corrected chi connectivity index (χ2v) is 4.82. The van der Waals surface area contributed by atoms with Crippen LogP contribution in [-0.2, 0) is 0 Å². The Balaban J connectivity index is 2.29. The second-order valence-electron chi connectivity index (χ2n) is 4.82. The molecule has 2 unspecified atom stereocenters. The number of aromatic nitrogens is 1. The predicted octanol–water partition coefficient (Wildman–Crippen LogP) is 1.71. The Morgan fingerprint density at radius 3 is 2.94 bits per heavy atom. The molecule has 4 heteroatoms. The smallest absolute Gasteiger partial charge is 0.160 e. The third-order valence-corrected chi connectivity index (χ3v) is 3.43. The van der Waals surface area contributed by atoms with Gasteiger partial charge in [-0.05, 0) is 32.8 Å². The van der Waals surface area contributed by atoms with Crippen molar-refractivity contribution in [1.82, 2.24) is 4.98 Å². The van der Waals surface area contributed by atoms with Crippen molar-refractivity contribution >= 4 is 5.69 Å². The molecule has 1 aromatic heterocycles. The molecule has 0 aliphatic carbocycles. The molecule has 1 aliphatic rings. The highest BCUT2D eigenvalue weighted by Crippen LogP contribution is 2.32. The summed E-state index contributed by atoms with van der Waals surface area (Å²) in [5.41, 5.74) is 8.15. The van der Waals surface area contributed by atoms with Gasteiger partial charge in [0.1, 0.15) is 0 Å². The largest absolute Gasteiger partial charge is 0.493 e. The predicted molar refractivity (Wildman–Crippen MR) is 69.5 cm³/mol. The molecular formula is C13H21N3O. The molecule has 4 nitrogen and oxygen atoms in total. The summed E-state index contributed by atoms with van der Waals surface area (Å²) in [6.07, 6.45) is 3.87. The number of nitrogens with two attached hydrogens (primary N) is 1. The van der Waals surface area contributed by atoms with Crippen LogP contribution >= 0.6 is 0 Å². The lowest BCUT2D eigenvalue weighted by Crippen LogP contribution is -2.45. The zero-order chi connectivity index (χ0) is 12.4. The van der Waals surface area contributed by atoms with E-state index >= 15 is 0 Å². The van der Waals surface area contributed by atoms with E-state index in [9.17, 15) is 0 Å². The normalized spacial score (nSPS) is 24.8. The summed E-state index contributed by atoms with van der Waals surface area (Å²) in [6.45, 7) is 5.21. The van der Waals surface area contributed by atoms with Crippen LogP contribution < -0.4 is 15.4 Å². The third-order valence-electron chi connectivity index (χ3n) is 3.43. The van der Waals surface area contributed by atoms with Gasteiger partial charge in [0.15, 0.2) is 5.75 Å². The summed E-state index contributed by atoms with van der Waals surface area (Å²) in [5.74, 6) is 0.845. The molecule has 2 N–H and O–H groups in total. The molecule has 1 fully saturated rings. The van der Waals surface area contributed by atoms with E-state index in [1.54, 1.807) is 13.3 Å². The molecular weight excluding hydrogens is 214 g/mol. The Morgan fingerprint density at radius 2 is 2.29 bits per heavy atom. The van der Waals surface area contributed by atoms with Crippen LogP contribution in [0.2, 0.25) is 0 Å². The SMILES string of the molecule is COc1cnc(C)cc1N1CCC(N)CC1C. The molecule has 0 spiro atoms. The average molecular weight is 235 g/mol. The monoisotopic (exact) mass is 235 g/mol.